The van der Waals surface area contributed by atoms with E-state index in [0.717, 1.165) is 23.5 Å². The Morgan fingerprint density at radius 3 is 2.61 bits per heavy atom. The minimum atomic E-state index is -0.0748. The van der Waals surface area contributed by atoms with Crippen molar-refractivity contribution in [3.05, 3.63) is 16.1 Å². The first kappa shape index (κ1) is 17.7. The molecule has 0 bridgehead atoms. The summed E-state index contributed by atoms with van der Waals surface area (Å²) in [6, 6.07) is -0.114. The van der Waals surface area contributed by atoms with Gasteiger partial charge in [0.25, 0.3) is 0 Å². The molecule has 0 aliphatic carbocycles. The molecule has 2 rings (SSSR count). The molecule has 1 aliphatic heterocycles. The molecule has 0 saturated carbocycles. The van der Waals surface area contributed by atoms with Gasteiger partial charge in [-0.05, 0) is 32.6 Å². The van der Waals surface area contributed by atoms with Crippen LogP contribution in [-0.4, -0.2) is 53.9 Å². The molecule has 1 aromatic heterocycles. The number of aromatic nitrogens is 1. The first-order chi connectivity index (χ1) is 10.9. The van der Waals surface area contributed by atoms with E-state index in [1.807, 2.05) is 24.1 Å². The van der Waals surface area contributed by atoms with Crippen LogP contribution in [0.1, 0.15) is 42.9 Å². The average molecular weight is 338 g/mol. The van der Waals surface area contributed by atoms with Gasteiger partial charge in [0.05, 0.1) is 6.04 Å². The van der Waals surface area contributed by atoms with Gasteiger partial charge in [-0.15, -0.1) is 11.3 Å². The Bertz CT molecular complexity index is 550. The summed E-state index contributed by atoms with van der Waals surface area (Å²) in [6.45, 7) is 5.33. The van der Waals surface area contributed by atoms with Crippen LogP contribution in [0.4, 0.5) is 4.79 Å². The second kappa shape index (κ2) is 7.77. The second-order valence-corrected chi connectivity index (χ2v) is 7.31. The highest BCUT2D eigenvalue weighted by atomic mass is 32.1. The fraction of sp³-hybridized carbons (Fsp3) is 0.688. The molecule has 3 amide bonds. The zero-order valence-electron chi connectivity index (χ0n) is 14.3. The molecule has 0 spiro atoms. The first-order valence-electron chi connectivity index (χ1n) is 8.04. The maximum atomic E-state index is 12.3. The molecule has 2 heterocycles. The van der Waals surface area contributed by atoms with E-state index >= 15 is 0 Å². The van der Waals surface area contributed by atoms with E-state index in [2.05, 4.69) is 10.3 Å². The summed E-state index contributed by atoms with van der Waals surface area (Å²) in [4.78, 5) is 32.0. The lowest BCUT2D eigenvalue weighted by atomic mass is 9.93. The Hall–Kier alpha value is -1.63. The third-order valence-corrected chi connectivity index (χ3v) is 5.36. The molecule has 23 heavy (non-hydrogen) atoms. The molecule has 1 aromatic rings. The van der Waals surface area contributed by atoms with Gasteiger partial charge in [0, 0.05) is 44.7 Å². The summed E-state index contributed by atoms with van der Waals surface area (Å²) in [6.07, 6.45) is 2.35. The highest BCUT2D eigenvalue weighted by Crippen LogP contribution is 2.22. The minimum absolute atomic E-state index is 0.0391. The molecule has 128 valence electrons. The zero-order valence-corrected chi connectivity index (χ0v) is 15.2. The number of rotatable bonds is 4. The van der Waals surface area contributed by atoms with E-state index in [1.54, 1.807) is 30.3 Å². The van der Waals surface area contributed by atoms with E-state index in [9.17, 15) is 9.59 Å². The normalized spacial score (nSPS) is 17.0. The lowest BCUT2D eigenvalue weighted by Crippen LogP contribution is -2.45. The highest BCUT2D eigenvalue weighted by molar-refractivity contribution is 7.09. The van der Waals surface area contributed by atoms with Crippen LogP contribution in [0.2, 0.25) is 0 Å². The van der Waals surface area contributed by atoms with Crippen molar-refractivity contribution in [1.82, 2.24) is 20.1 Å². The van der Waals surface area contributed by atoms with Crippen LogP contribution >= 0.6 is 11.3 Å². The second-order valence-electron chi connectivity index (χ2n) is 6.42. The van der Waals surface area contributed by atoms with Crippen LogP contribution in [0.25, 0.3) is 0 Å². The van der Waals surface area contributed by atoms with E-state index in [0.29, 0.717) is 25.4 Å². The number of carbonyl (C=O) groups excluding carboxylic acids is 2. The molecule has 1 aliphatic rings. The summed E-state index contributed by atoms with van der Waals surface area (Å²) in [5, 5.41) is 5.94. The largest absolute Gasteiger partial charge is 0.349 e. The lowest BCUT2D eigenvalue weighted by Gasteiger charge is -2.32. The molecule has 1 saturated heterocycles. The number of piperidine rings is 1. The van der Waals surface area contributed by atoms with Gasteiger partial charge in [0.2, 0.25) is 5.91 Å². The van der Waals surface area contributed by atoms with Crippen LogP contribution in [0.3, 0.4) is 0 Å². The number of aryl methyl sites for hydroxylation is 1. The van der Waals surface area contributed by atoms with Gasteiger partial charge in [-0.3, -0.25) is 4.79 Å². The van der Waals surface area contributed by atoms with Gasteiger partial charge in [0.1, 0.15) is 5.01 Å². The van der Waals surface area contributed by atoms with Crippen LogP contribution in [0.15, 0.2) is 5.38 Å². The van der Waals surface area contributed by atoms with Gasteiger partial charge in [-0.2, -0.15) is 0 Å². The van der Waals surface area contributed by atoms with Crippen molar-refractivity contribution < 1.29 is 9.59 Å². The van der Waals surface area contributed by atoms with E-state index in [1.165, 1.54) is 0 Å². The standard InChI is InChI=1S/C16H26N4O2S/c1-11-10-23-15(17-11)12(2)18-16(22)20-7-5-13(6-8-20)9-14(21)19(3)4/h10,12-13H,5-9H2,1-4H3,(H,18,22). The first-order valence-corrected chi connectivity index (χ1v) is 8.92. The van der Waals surface area contributed by atoms with E-state index in [4.69, 9.17) is 0 Å². The topological polar surface area (TPSA) is 65.5 Å². The quantitative estimate of drug-likeness (QED) is 0.917. The van der Waals surface area contributed by atoms with Gasteiger partial charge in [-0.25, -0.2) is 9.78 Å². The Balaban J connectivity index is 1.78. The van der Waals surface area contributed by atoms with Crippen molar-refractivity contribution in [3.8, 4) is 0 Å². The SMILES string of the molecule is Cc1csc(C(C)NC(=O)N2CCC(CC(=O)N(C)C)CC2)n1. The summed E-state index contributed by atoms with van der Waals surface area (Å²) in [7, 11) is 3.57. The van der Waals surface area contributed by atoms with Gasteiger partial charge in [-0.1, -0.05) is 0 Å². The maximum Gasteiger partial charge on any atom is 0.317 e. The number of hydrogen-bond donors (Lipinski definition) is 1. The van der Waals surface area contributed by atoms with Crippen LogP contribution in [0, 0.1) is 12.8 Å². The van der Waals surface area contributed by atoms with Crippen molar-refractivity contribution in [2.24, 2.45) is 5.92 Å². The average Bonchev–Trinajstić information content (AvgIpc) is 2.94. The van der Waals surface area contributed by atoms with Crippen molar-refractivity contribution in [1.29, 1.82) is 0 Å². The lowest BCUT2D eigenvalue weighted by molar-refractivity contribution is -0.129. The Morgan fingerprint density at radius 1 is 1.43 bits per heavy atom. The van der Waals surface area contributed by atoms with Crippen LogP contribution in [0.5, 0.6) is 0 Å². The zero-order chi connectivity index (χ0) is 17.0. The number of urea groups is 1. The number of carbonyl (C=O) groups is 2. The molecule has 0 radical (unpaired) electrons. The fourth-order valence-electron chi connectivity index (χ4n) is 2.68. The molecule has 6 nitrogen and oxygen atoms in total. The number of likely N-dealkylation sites (tertiary alicyclic amines) is 1. The third-order valence-electron chi connectivity index (χ3n) is 4.21. The molecule has 1 atom stereocenters. The Kier molecular flexibility index (Phi) is 5.98. The van der Waals surface area contributed by atoms with Crippen molar-refractivity contribution in [3.63, 3.8) is 0 Å². The molecule has 7 heteroatoms. The summed E-state index contributed by atoms with van der Waals surface area (Å²) < 4.78 is 0. The van der Waals surface area contributed by atoms with Gasteiger partial charge < -0.3 is 15.1 Å². The smallest absolute Gasteiger partial charge is 0.317 e. The van der Waals surface area contributed by atoms with Crippen molar-refractivity contribution >= 4 is 23.3 Å². The monoisotopic (exact) mass is 338 g/mol. The fourth-order valence-corrected chi connectivity index (χ4v) is 3.48. The van der Waals surface area contributed by atoms with E-state index in [-0.39, 0.29) is 18.0 Å². The summed E-state index contributed by atoms with van der Waals surface area (Å²) in [5.41, 5.74) is 0.984. The number of hydrogen-bond acceptors (Lipinski definition) is 4. The summed E-state index contributed by atoms with van der Waals surface area (Å²) >= 11 is 1.57. The highest BCUT2D eigenvalue weighted by Gasteiger charge is 2.26. The molecule has 1 fully saturated rings. The molecular weight excluding hydrogens is 312 g/mol. The van der Waals surface area contributed by atoms with Gasteiger partial charge >= 0.3 is 6.03 Å². The maximum absolute atomic E-state index is 12.3. The number of thiazole rings is 1. The van der Waals surface area contributed by atoms with Crippen molar-refractivity contribution in [2.45, 2.75) is 39.2 Å². The predicted molar refractivity (Wildman–Crippen MR) is 91.4 cm³/mol. The van der Waals surface area contributed by atoms with E-state index < -0.39 is 0 Å². The van der Waals surface area contributed by atoms with Crippen molar-refractivity contribution in [2.75, 3.05) is 27.2 Å². The predicted octanol–water partition coefficient (Wildman–Crippen LogP) is 2.41. The molecule has 0 aromatic carbocycles. The molecular formula is C16H26N4O2S. The summed E-state index contributed by atoms with van der Waals surface area (Å²) in [5.74, 6) is 0.550. The molecule has 1 unspecified atom stereocenters. The van der Waals surface area contributed by atoms with Gasteiger partial charge in [0.15, 0.2) is 0 Å². The third kappa shape index (κ3) is 4.92. The van der Waals surface area contributed by atoms with Crippen LogP contribution < -0.4 is 5.32 Å². The number of nitrogens with one attached hydrogen (secondary N) is 1. The minimum Gasteiger partial charge on any atom is -0.349 e. The Labute approximate surface area is 141 Å². The number of amides is 3. The molecule has 1 N–H and O–H groups in total. The van der Waals surface area contributed by atoms with Crippen LogP contribution in [-0.2, 0) is 4.79 Å². The Morgan fingerprint density at radius 2 is 2.09 bits per heavy atom. The number of nitrogens with zero attached hydrogens (tertiary/aromatic N) is 3.